The molecule has 0 aliphatic carbocycles. The van der Waals surface area contributed by atoms with Gasteiger partial charge < -0.3 is 5.32 Å². The van der Waals surface area contributed by atoms with Crippen LogP contribution in [0.2, 0.25) is 0 Å². The number of rotatable bonds is 3. The lowest BCUT2D eigenvalue weighted by Gasteiger charge is -2.09. The highest BCUT2D eigenvalue weighted by atomic mass is 79.9. The number of benzene rings is 2. The zero-order valence-electron chi connectivity index (χ0n) is 13.0. The highest BCUT2D eigenvalue weighted by Crippen LogP contribution is 2.37. The van der Waals surface area contributed by atoms with E-state index in [-0.39, 0.29) is 0 Å². The van der Waals surface area contributed by atoms with Crippen molar-refractivity contribution in [1.82, 2.24) is 9.97 Å². The average Bonchev–Trinajstić information content (AvgIpc) is 3.04. The van der Waals surface area contributed by atoms with Gasteiger partial charge in [0.05, 0.1) is 5.39 Å². The van der Waals surface area contributed by atoms with Crippen molar-refractivity contribution in [3.63, 3.8) is 0 Å². The summed E-state index contributed by atoms with van der Waals surface area (Å²) < 4.78 is 1.08. The number of fused-ring (bicyclic) bond motifs is 1. The van der Waals surface area contributed by atoms with E-state index in [9.17, 15) is 0 Å². The molecule has 4 aromatic rings. The van der Waals surface area contributed by atoms with E-state index in [0.29, 0.717) is 0 Å². The molecule has 0 radical (unpaired) electrons. The molecule has 0 amide bonds. The first-order valence-corrected chi connectivity index (χ1v) is 9.20. The minimum Gasteiger partial charge on any atom is -0.340 e. The fraction of sp³-hybridized carbons (Fsp3) is 0.0526. The van der Waals surface area contributed by atoms with E-state index in [1.54, 1.807) is 17.7 Å². The quantitative estimate of drug-likeness (QED) is 0.450. The molecular weight excluding hydrogens is 382 g/mol. The molecule has 0 fully saturated rings. The molecule has 24 heavy (non-hydrogen) atoms. The molecule has 4 rings (SSSR count). The fourth-order valence-electron chi connectivity index (χ4n) is 2.61. The highest BCUT2D eigenvalue weighted by Gasteiger charge is 2.13. The highest BCUT2D eigenvalue weighted by molar-refractivity contribution is 9.10. The zero-order chi connectivity index (χ0) is 16.5. The zero-order valence-corrected chi connectivity index (χ0v) is 15.4. The molecule has 3 nitrogen and oxygen atoms in total. The van der Waals surface area contributed by atoms with E-state index >= 15 is 0 Å². The molecule has 0 saturated carbocycles. The summed E-state index contributed by atoms with van der Waals surface area (Å²) in [5, 5.41) is 6.64. The van der Waals surface area contributed by atoms with Gasteiger partial charge in [-0.2, -0.15) is 0 Å². The van der Waals surface area contributed by atoms with E-state index in [1.165, 1.54) is 11.1 Å². The number of hydrogen-bond acceptors (Lipinski definition) is 4. The second-order valence-corrected chi connectivity index (χ2v) is 7.22. The predicted molar refractivity (Wildman–Crippen MR) is 105 cm³/mol. The van der Waals surface area contributed by atoms with E-state index < -0.39 is 0 Å². The predicted octanol–water partition coefficient (Wildman–Crippen LogP) is 6.17. The van der Waals surface area contributed by atoms with Gasteiger partial charge in [-0.15, -0.1) is 11.3 Å². The van der Waals surface area contributed by atoms with Crippen molar-refractivity contribution >= 4 is 49.0 Å². The standard InChI is InChI=1S/C19H14BrN3S/c1-12-7-8-14(9-16(12)20)23-18-17-15(13-5-3-2-4-6-13)10-24-19(17)22-11-21-18/h2-11H,1H3,(H,21,22,23). The SMILES string of the molecule is Cc1ccc(Nc2ncnc3scc(-c4ccccc4)c23)cc1Br. The summed E-state index contributed by atoms with van der Waals surface area (Å²) in [7, 11) is 0. The van der Waals surface area contributed by atoms with Gasteiger partial charge >= 0.3 is 0 Å². The van der Waals surface area contributed by atoms with Crippen molar-refractivity contribution < 1.29 is 0 Å². The minimum absolute atomic E-state index is 0.829. The second-order valence-electron chi connectivity index (χ2n) is 5.51. The molecule has 0 aliphatic rings. The van der Waals surface area contributed by atoms with E-state index in [0.717, 1.165) is 31.8 Å². The lowest BCUT2D eigenvalue weighted by atomic mass is 10.1. The molecule has 0 unspecified atom stereocenters. The lowest BCUT2D eigenvalue weighted by molar-refractivity contribution is 1.23. The van der Waals surface area contributed by atoms with Crippen molar-refractivity contribution in [1.29, 1.82) is 0 Å². The van der Waals surface area contributed by atoms with Crippen LogP contribution in [0.1, 0.15) is 5.56 Å². The Morgan fingerprint density at radius 2 is 1.88 bits per heavy atom. The number of nitrogens with zero attached hydrogens (tertiary/aromatic N) is 2. The number of aromatic nitrogens is 2. The molecule has 0 aliphatic heterocycles. The average molecular weight is 396 g/mol. The van der Waals surface area contributed by atoms with E-state index in [2.05, 4.69) is 73.9 Å². The van der Waals surface area contributed by atoms with Crippen LogP contribution in [0.25, 0.3) is 21.3 Å². The van der Waals surface area contributed by atoms with E-state index in [1.807, 2.05) is 18.2 Å². The van der Waals surface area contributed by atoms with Crippen molar-refractivity contribution in [2.45, 2.75) is 6.92 Å². The Balaban J connectivity index is 1.83. The number of aryl methyl sites for hydroxylation is 1. The normalized spacial score (nSPS) is 10.9. The summed E-state index contributed by atoms with van der Waals surface area (Å²) in [5.74, 6) is 0.829. The van der Waals surface area contributed by atoms with Crippen molar-refractivity contribution in [2.75, 3.05) is 5.32 Å². The molecule has 0 bridgehead atoms. The van der Waals surface area contributed by atoms with Crippen LogP contribution < -0.4 is 5.32 Å². The van der Waals surface area contributed by atoms with Gasteiger partial charge in [0.25, 0.3) is 0 Å². The maximum Gasteiger partial charge on any atom is 0.143 e. The monoisotopic (exact) mass is 395 g/mol. The van der Waals surface area contributed by atoms with Gasteiger partial charge in [0, 0.05) is 21.1 Å². The Morgan fingerprint density at radius 3 is 2.67 bits per heavy atom. The molecule has 0 saturated heterocycles. The van der Waals surface area contributed by atoms with E-state index in [4.69, 9.17) is 0 Å². The van der Waals surface area contributed by atoms with Gasteiger partial charge in [-0.3, -0.25) is 0 Å². The van der Waals surface area contributed by atoms with Crippen molar-refractivity contribution in [3.8, 4) is 11.1 Å². The Labute approximate surface area is 152 Å². The third kappa shape index (κ3) is 2.81. The van der Waals surface area contributed by atoms with Gasteiger partial charge in [0.2, 0.25) is 0 Å². The van der Waals surface area contributed by atoms with Gasteiger partial charge in [-0.05, 0) is 30.2 Å². The minimum atomic E-state index is 0.829. The third-order valence-electron chi connectivity index (χ3n) is 3.89. The summed E-state index contributed by atoms with van der Waals surface area (Å²) in [5.41, 5.74) is 4.53. The molecule has 2 aromatic heterocycles. The van der Waals surface area contributed by atoms with Crippen LogP contribution in [0.4, 0.5) is 11.5 Å². The van der Waals surface area contributed by atoms with Gasteiger partial charge in [0.15, 0.2) is 0 Å². The van der Waals surface area contributed by atoms with Crippen molar-refractivity contribution in [3.05, 3.63) is 70.3 Å². The van der Waals surface area contributed by atoms with Crippen LogP contribution in [-0.4, -0.2) is 9.97 Å². The van der Waals surface area contributed by atoms with Crippen LogP contribution in [0.5, 0.6) is 0 Å². The largest absolute Gasteiger partial charge is 0.340 e. The molecular formula is C19H14BrN3S. The summed E-state index contributed by atoms with van der Waals surface area (Å²) in [6.45, 7) is 2.07. The number of anilines is 2. The Morgan fingerprint density at radius 1 is 1.04 bits per heavy atom. The molecule has 2 aromatic carbocycles. The first-order chi connectivity index (χ1) is 11.7. The second kappa shape index (κ2) is 6.34. The van der Waals surface area contributed by atoms with Crippen LogP contribution in [-0.2, 0) is 0 Å². The lowest BCUT2D eigenvalue weighted by Crippen LogP contribution is -1.96. The third-order valence-corrected chi connectivity index (χ3v) is 5.63. The Hall–Kier alpha value is -2.24. The number of thiophene rings is 1. The van der Waals surface area contributed by atoms with Crippen LogP contribution >= 0.6 is 27.3 Å². The van der Waals surface area contributed by atoms with Crippen LogP contribution in [0, 0.1) is 6.92 Å². The van der Waals surface area contributed by atoms with Gasteiger partial charge in [-0.1, -0.05) is 52.3 Å². The van der Waals surface area contributed by atoms with Gasteiger partial charge in [-0.25, -0.2) is 9.97 Å². The summed E-state index contributed by atoms with van der Waals surface area (Å²) in [6.07, 6.45) is 1.61. The molecule has 0 spiro atoms. The van der Waals surface area contributed by atoms with Crippen molar-refractivity contribution in [2.24, 2.45) is 0 Å². The maximum absolute atomic E-state index is 4.48. The topological polar surface area (TPSA) is 37.8 Å². The smallest absolute Gasteiger partial charge is 0.143 e. The molecule has 118 valence electrons. The molecule has 5 heteroatoms. The Bertz CT molecular complexity index is 1010. The first-order valence-electron chi connectivity index (χ1n) is 7.53. The number of nitrogens with one attached hydrogen (secondary N) is 1. The molecule has 0 atom stereocenters. The Kier molecular flexibility index (Phi) is 4.04. The number of halogens is 1. The molecule has 2 heterocycles. The maximum atomic E-state index is 4.48. The fourth-order valence-corrected chi connectivity index (χ4v) is 3.90. The van der Waals surface area contributed by atoms with Crippen LogP contribution in [0.15, 0.2) is 64.7 Å². The van der Waals surface area contributed by atoms with Crippen LogP contribution in [0.3, 0.4) is 0 Å². The summed E-state index contributed by atoms with van der Waals surface area (Å²) >= 11 is 5.22. The molecule has 1 N–H and O–H groups in total. The summed E-state index contributed by atoms with van der Waals surface area (Å²) in [4.78, 5) is 9.89. The number of hydrogen-bond donors (Lipinski definition) is 1. The summed E-state index contributed by atoms with van der Waals surface area (Å²) in [6, 6.07) is 16.6. The first kappa shape index (κ1) is 15.3. The van der Waals surface area contributed by atoms with Gasteiger partial charge in [0.1, 0.15) is 17.0 Å².